The largest absolute Gasteiger partial charge is 0.480 e. The minimum Gasteiger partial charge on any atom is -0.480 e. The Morgan fingerprint density at radius 1 is 1.10 bits per heavy atom. The number of carbonyl (C=O) groups excluding carboxylic acids is 4. The number of ether oxygens (including phenoxy) is 1. The van der Waals surface area contributed by atoms with Crippen LogP contribution in [0.1, 0.15) is 32.3 Å². The van der Waals surface area contributed by atoms with Crippen LogP contribution >= 0.6 is 0 Å². The van der Waals surface area contributed by atoms with Gasteiger partial charge in [-0.25, -0.2) is 4.79 Å². The van der Waals surface area contributed by atoms with Crippen molar-refractivity contribution < 1.29 is 33.8 Å². The summed E-state index contributed by atoms with van der Waals surface area (Å²) in [7, 11) is 0. The van der Waals surface area contributed by atoms with Gasteiger partial charge in [0, 0.05) is 6.42 Å². The zero-order valence-corrected chi connectivity index (χ0v) is 17.4. The number of hydrogen-bond acceptors (Lipinski definition) is 6. The molecular formula is C21H27N3O7. The van der Waals surface area contributed by atoms with Crippen LogP contribution in [0.3, 0.4) is 0 Å². The predicted molar refractivity (Wildman–Crippen MR) is 109 cm³/mol. The maximum Gasteiger partial charge on any atom is 0.326 e. The number of rotatable bonds is 10. The van der Waals surface area contributed by atoms with Gasteiger partial charge in [-0.2, -0.15) is 0 Å². The molecule has 1 aliphatic rings. The summed E-state index contributed by atoms with van der Waals surface area (Å²) >= 11 is 0. The second-order valence-corrected chi connectivity index (χ2v) is 7.39. The smallest absolute Gasteiger partial charge is 0.326 e. The molecule has 0 radical (unpaired) electrons. The van der Waals surface area contributed by atoms with Crippen molar-refractivity contribution in [1.82, 2.24) is 16.0 Å². The van der Waals surface area contributed by atoms with Gasteiger partial charge in [0.15, 0.2) is 0 Å². The fourth-order valence-corrected chi connectivity index (χ4v) is 3.28. The lowest BCUT2D eigenvalue weighted by atomic mass is 9.97. The van der Waals surface area contributed by atoms with E-state index in [0.29, 0.717) is 6.42 Å². The maximum absolute atomic E-state index is 12.4. The first-order valence-electron chi connectivity index (χ1n) is 10.0. The minimum absolute atomic E-state index is 0.164. The van der Waals surface area contributed by atoms with E-state index in [-0.39, 0.29) is 13.0 Å². The number of esters is 1. The van der Waals surface area contributed by atoms with Crippen molar-refractivity contribution in [2.75, 3.05) is 6.61 Å². The fourth-order valence-electron chi connectivity index (χ4n) is 3.28. The van der Waals surface area contributed by atoms with Crippen molar-refractivity contribution in [1.29, 1.82) is 0 Å². The van der Waals surface area contributed by atoms with Crippen molar-refractivity contribution in [3.63, 3.8) is 0 Å². The highest BCUT2D eigenvalue weighted by molar-refractivity contribution is 5.99. The first-order valence-corrected chi connectivity index (χ1v) is 10.0. The summed E-state index contributed by atoms with van der Waals surface area (Å²) in [5, 5.41) is 16.8. The Balaban J connectivity index is 1.92. The van der Waals surface area contributed by atoms with Gasteiger partial charge in [-0.05, 0) is 18.4 Å². The van der Waals surface area contributed by atoms with Crippen LogP contribution < -0.4 is 16.0 Å². The molecule has 0 aromatic heterocycles. The standard InChI is InChI=1S/C21H27N3O7/c1-3-31-17(26)9-12(2)18(21(29)30)24-16(25)11-15-20(28)22-14(19(27)23-15)10-13-7-5-4-6-8-13/h4-8,12,14-15,18H,3,9-11H2,1-2H3,(H,22,28)(H,23,27)(H,24,25)(H,29,30)/t12-,14+,15+,18-/m1/s1. The van der Waals surface area contributed by atoms with Crippen LogP contribution in [-0.2, 0) is 35.1 Å². The van der Waals surface area contributed by atoms with Gasteiger partial charge in [-0.15, -0.1) is 0 Å². The average Bonchev–Trinajstić information content (AvgIpc) is 2.70. The lowest BCUT2D eigenvalue weighted by Gasteiger charge is -2.30. The van der Waals surface area contributed by atoms with Gasteiger partial charge in [0.2, 0.25) is 17.7 Å². The average molecular weight is 433 g/mol. The zero-order valence-electron chi connectivity index (χ0n) is 17.4. The van der Waals surface area contributed by atoms with Crippen LogP contribution in [0.4, 0.5) is 0 Å². The van der Waals surface area contributed by atoms with Crippen LogP contribution in [0.25, 0.3) is 0 Å². The summed E-state index contributed by atoms with van der Waals surface area (Å²) in [5.41, 5.74) is 0.874. The van der Waals surface area contributed by atoms with Crippen LogP contribution in [0, 0.1) is 5.92 Å². The molecule has 10 nitrogen and oxygen atoms in total. The van der Waals surface area contributed by atoms with Crippen LogP contribution in [0.2, 0.25) is 0 Å². The summed E-state index contributed by atoms with van der Waals surface area (Å²) in [4.78, 5) is 60.2. The third kappa shape index (κ3) is 7.09. The Morgan fingerprint density at radius 3 is 2.32 bits per heavy atom. The second kappa shape index (κ2) is 11.1. The van der Waals surface area contributed by atoms with Crippen LogP contribution in [0.5, 0.6) is 0 Å². The molecule has 1 aromatic rings. The summed E-state index contributed by atoms with van der Waals surface area (Å²) in [6, 6.07) is 5.95. The SMILES string of the molecule is CCOC(=O)C[C@@H](C)[C@@H](NC(=O)C[C@@H]1NC(=O)[C@H](Cc2ccccc2)NC1=O)C(=O)O. The Morgan fingerprint density at radius 2 is 1.71 bits per heavy atom. The molecule has 0 aliphatic carbocycles. The van der Waals surface area contributed by atoms with Crippen molar-refractivity contribution in [3.05, 3.63) is 35.9 Å². The summed E-state index contributed by atoms with van der Waals surface area (Å²) < 4.78 is 4.80. The minimum atomic E-state index is -1.34. The molecule has 1 heterocycles. The number of carbonyl (C=O) groups is 5. The number of hydrogen-bond donors (Lipinski definition) is 4. The van der Waals surface area contributed by atoms with Gasteiger partial charge >= 0.3 is 11.9 Å². The van der Waals surface area contributed by atoms with Crippen molar-refractivity contribution in [2.45, 2.75) is 51.2 Å². The second-order valence-electron chi connectivity index (χ2n) is 7.39. The van der Waals surface area contributed by atoms with E-state index < -0.39 is 60.1 Å². The van der Waals surface area contributed by atoms with Gasteiger partial charge in [-0.1, -0.05) is 37.3 Å². The van der Waals surface area contributed by atoms with Crippen molar-refractivity contribution >= 4 is 29.7 Å². The first kappa shape index (κ1) is 23.8. The van der Waals surface area contributed by atoms with Gasteiger partial charge in [0.05, 0.1) is 19.4 Å². The Bertz CT molecular complexity index is 828. The number of carboxylic acid groups (broad SMARTS) is 1. The number of piperazine rings is 1. The Labute approximate surface area is 179 Å². The predicted octanol–water partition coefficient (Wildman–Crippen LogP) is -0.239. The molecule has 31 heavy (non-hydrogen) atoms. The molecule has 10 heteroatoms. The molecule has 1 saturated heterocycles. The highest BCUT2D eigenvalue weighted by Crippen LogP contribution is 2.12. The number of benzene rings is 1. The normalized spacial score (nSPS) is 20.1. The monoisotopic (exact) mass is 433 g/mol. The lowest BCUT2D eigenvalue weighted by molar-refractivity contribution is -0.147. The zero-order chi connectivity index (χ0) is 23.0. The molecule has 4 N–H and O–H groups in total. The van der Waals surface area contributed by atoms with Gasteiger partial charge in [0.1, 0.15) is 18.1 Å². The number of amides is 3. The van der Waals surface area contributed by atoms with E-state index in [1.165, 1.54) is 6.92 Å². The molecule has 0 unspecified atom stereocenters. The maximum atomic E-state index is 12.4. The van der Waals surface area contributed by atoms with E-state index in [1.807, 2.05) is 30.3 Å². The summed E-state index contributed by atoms with van der Waals surface area (Å²) in [6.45, 7) is 3.30. The molecule has 1 aliphatic heterocycles. The third-order valence-electron chi connectivity index (χ3n) is 4.88. The van der Waals surface area contributed by atoms with E-state index in [2.05, 4.69) is 16.0 Å². The first-order chi connectivity index (χ1) is 14.7. The molecule has 1 fully saturated rings. The molecule has 3 amide bonds. The molecule has 4 atom stereocenters. The number of nitrogens with one attached hydrogen (secondary N) is 3. The highest BCUT2D eigenvalue weighted by atomic mass is 16.5. The topological polar surface area (TPSA) is 151 Å². The molecule has 2 rings (SSSR count). The van der Waals surface area contributed by atoms with Gasteiger partial charge in [0.25, 0.3) is 0 Å². The van der Waals surface area contributed by atoms with Gasteiger partial charge < -0.3 is 25.8 Å². The molecule has 0 spiro atoms. The van der Waals surface area contributed by atoms with Crippen molar-refractivity contribution in [2.24, 2.45) is 5.92 Å². The molecule has 0 saturated carbocycles. The fraction of sp³-hybridized carbons (Fsp3) is 0.476. The van der Waals surface area contributed by atoms with E-state index in [0.717, 1.165) is 5.56 Å². The van der Waals surface area contributed by atoms with Crippen LogP contribution in [0.15, 0.2) is 30.3 Å². The summed E-state index contributed by atoms with van der Waals surface area (Å²) in [5.74, 6) is -4.30. The Hall–Kier alpha value is -3.43. The quantitative estimate of drug-likeness (QED) is 0.372. The summed E-state index contributed by atoms with van der Waals surface area (Å²) in [6.07, 6.45) is -0.303. The molecular weight excluding hydrogens is 406 g/mol. The van der Waals surface area contributed by atoms with E-state index in [9.17, 15) is 29.1 Å². The molecule has 1 aromatic carbocycles. The van der Waals surface area contributed by atoms with E-state index in [4.69, 9.17) is 4.74 Å². The number of aliphatic carboxylic acids is 1. The number of carboxylic acids is 1. The van der Waals surface area contributed by atoms with Crippen molar-refractivity contribution in [3.8, 4) is 0 Å². The Kier molecular flexibility index (Phi) is 8.53. The lowest BCUT2D eigenvalue weighted by Crippen LogP contribution is -2.63. The van der Waals surface area contributed by atoms with E-state index >= 15 is 0 Å². The molecule has 0 bridgehead atoms. The van der Waals surface area contributed by atoms with E-state index in [1.54, 1.807) is 6.92 Å². The van der Waals surface area contributed by atoms with Gasteiger partial charge in [-0.3, -0.25) is 19.2 Å². The highest BCUT2D eigenvalue weighted by Gasteiger charge is 2.36. The molecule has 168 valence electrons. The van der Waals surface area contributed by atoms with Crippen LogP contribution in [-0.4, -0.2) is 59.5 Å². The third-order valence-corrected chi connectivity index (χ3v) is 4.88.